The van der Waals surface area contributed by atoms with Gasteiger partial charge in [-0.1, -0.05) is 28.1 Å². The zero-order valence-electron chi connectivity index (χ0n) is 13.2. The highest BCUT2D eigenvalue weighted by Crippen LogP contribution is 2.36. The lowest BCUT2D eigenvalue weighted by molar-refractivity contribution is 0.0706. The molecule has 4 rings (SSSR count). The molecule has 1 unspecified atom stereocenters. The Balaban J connectivity index is 1.77. The third-order valence-corrected chi connectivity index (χ3v) is 6.47. The Hall–Kier alpha value is -1.96. The summed E-state index contributed by atoms with van der Waals surface area (Å²) >= 11 is 3.50. The second-order valence-corrected chi connectivity index (χ2v) is 8.38. The molecular weight excluding hydrogens is 404 g/mol. The van der Waals surface area contributed by atoms with E-state index >= 15 is 0 Å². The maximum Gasteiger partial charge on any atom is 0.274 e. The molecule has 1 aliphatic rings. The van der Waals surface area contributed by atoms with Gasteiger partial charge in [0.15, 0.2) is 0 Å². The van der Waals surface area contributed by atoms with Gasteiger partial charge in [-0.3, -0.25) is 14.2 Å². The molecule has 0 bridgehead atoms. The van der Waals surface area contributed by atoms with Gasteiger partial charge in [-0.15, -0.1) is 0 Å². The molecule has 0 aliphatic carbocycles. The SMILES string of the molecule is O=C(NO)c1ccc(Cn2c3c(c4cc(Br)ccc42)S(=O)CC3)cc1. The second-order valence-electron chi connectivity index (χ2n) is 5.96. The summed E-state index contributed by atoms with van der Waals surface area (Å²) in [4.78, 5) is 12.4. The van der Waals surface area contributed by atoms with E-state index in [9.17, 15) is 9.00 Å². The number of nitrogens with zero attached hydrogens (tertiary/aromatic N) is 1. The van der Waals surface area contributed by atoms with Crippen LogP contribution in [0.3, 0.4) is 0 Å². The van der Waals surface area contributed by atoms with Crippen LogP contribution in [-0.4, -0.2) is 25.6 Å². The topological polar surface area (TPSA) is 71.3 Å². The van der Waals surface area contributed by atoms with Gasteiger partial charge >= 0.3 is 0 Å². The maximum atomic E-state index is 12.4. The van der Waals surface area contributed by atoms with Crippen molar-refractivity contribution in [2.24, 2.45) is 0 Å². The molecule has 1 aliphatic heterocycles. The van der Waals surface area contributed by atoms with E-state index in [-0.39, 0.29) is 0 Å². The predicted molar refractivity (Wildman–Crippen MR) is 99.4 cm³/mol. The molecule has 0 saturated carbocycles. The fraction of sp³-hybridized carbons (Fsp3) is 0.167. The van der Waals surface area contributed by atoms with Crippen molar-refractivity contribution in [3.8, 4) is 0 Å². The highest BCUT2D eigenvalue weighted by Gasteiger charge is 2.27. The van der Waals surface area contributed by atoms with E-state index in [0.717, 1.165) is 37.9 Å². The minimum Gasteiger partial charge on any atom is -0.339 e. The van der Waals surface area contributed by atoms with E-state index in [0.29, 0.717) is 17.9 Å². The number of nitrogens with one attached hydrogen (secondary N) is 1. The Kier molecular flexibility index (Phi) is 4.23. The lowest BCUT2D eigenvalue weighted by Crippen LogP contribution is -2.18. The van der Waals surface area contributed by atoms with Crippen molar-refractivity contribution >= 4 is 43.5 Å². The molecule has 0 spiro atoms. The number of amides is 1. The van der Waals surface area contributed by atoms with Crippen LogP contribution in [0.15, 0.2) is 51.8 Å². The summed E-state index contributed by atoms with van der Waals surface area (Å²) < 4.78 is 15.6. The van der Waals surface area contributed by atoms with Crippen molar-refractivity contribution < 1.29 is 14.2 Å². The summed E-state index contributed by atoms with van der Waals surface area (Å²) in [5.74, 6) is 0.141. The van der Waals surface area contributed by atoms with Gasteiger partial charge in [0.2, 0.25) is 0 Å². The van der Waals surface area contributed by atoms with E-state index in [1.165, 1.54) is 0 Å². The lowest BCUT2D eigenvalue weighted by Gasteiger charge is -2.10. The van der Waals surface area contributed by atoms with Crippen LogP contribution in [0.5, 0.6) is 0 Å². The smallest absolute Gasteiger partial charge is 0.274 e. The monoisotopic (exact) mass is 418 g/mol. The summed E-state index contributed by atoms with van der Waals surface area (Å²) in [5, 5.41) is 9.74. The number of carbonyl (C=O) groups is 1. The lowest BCUT2D eigenvalue weighted by atomic mass is 10.1. The fourth-order valence-corrected chi connectivity index (χ4v) is 5.16. The van der Waals surface area contributed by atoms with Gasteiger partial charge in [-0.25, -0.2) is 5.48 Å². The van der Waals surface area contributed by atoms with E-state index in [1.54, 1.807) is 17.6 Å². The molecule has 2 heterocycles. The van der Waals surface area contributed by atoms with Gasteiger partial charge in [-0.2, -0.15) is 0 Å². The van der Waals surface area contributed by atoms with Crippen LogP contribution in [0.1, 0.15) is 21.6 Å². The van der Waals surface area contributed by atoms with Crippen LogP contribution < -0.4 is 5.48 Å². The summed E-state index contributed by atoms with van der Waals surface area (Å²) in [5.41, 5.74) is 5.27. The van der Waals surface area contributed by atoms with Gasteiger partial charge in [0.1, 0.15) is 0 Å². The number of hydrogen-bond donors (Lipinski definition) is 2. The molecule has 0 saturated heterocycles. The number of halogens is 1. The average molecular weight is 419 g/mol. The molecule has 2 N–H and O–H groups in total. The Morgan fingerprint density at radius 3 is 2.72 bits per heavy atom. The largest absolute Gasteiger partial charge is 0.339 e. The zero-order chi connectivity index (χ0) is 17.6. The summed E-state index contributed by atoms with van der Waals surface area (Å²) in [6.07, 6.45) is 0.805. The van der Waals surface area contributed by atoms with Crippen LogP contribution in [0, 0.1) is 0 Å². The first kappa shape index (κ1) is 16.5. The molecule has 5 nitrogen and oxygen atoms in total. The summed E-state index contributed by atoms with van der Waals surface area (Å²) in [7, 11) is -0.951. The van der Waals surface area contributed by atoms with E-state index in [2.05, 4.69) is 20.5 Å². The van der Waals surface area contributed by atoms with Crippen molar-refractivity contribution in [2.45, 2.75) is 17.9 Å². The van der Waals surface area contributed by atoms with E-state index in [1.807, 2.05) is 30.3 Å². The van der Waals surface area contributed by atoms with Crippen molar-refractivity contribution in [1.29, 1.82) is 0 Å². The van der Waals surface area contributed by atoms with Gasteiger partial charge in [0.05, 0.1) is 15.7 Å². The van der Waals surface area contributed by atoms with Crippen LogP contribution >= 0.6 is 15.9 Å². The number of hydrogen-bond acceptors (Lipinski definition) is 3. The van der Waals surface area contributed by atoms with E-state index in [4.69, 9.17) is 5.21 Å². The molecule has 0 radical (unpaired) electrons. The first-order valence-electron chi connectivity index (χ1n) is 7.81. The average Bonchev–Trinajstić information content (AvgIpc) is 3.14. The predicted octanol–water partition coefficient (Wildman–Crippen LogP) is 3.23. The number of rotatable bonds is 3. The molecule has 3 aromatic rings. The van der Waals surface area contributed by atoms with Crippen molar-refractivity contribution in [1.82, 2.24) is 10.0 Å². The molecule has 1 aromatic heterocycles. The number of hydroxylamine groups is 1. The molecule has 25 heavy (non-hydrogen) atoms. The van der Waals surface area contributed by atoms with Crippen molar-refractivity contribution in [2.75, 3.05) is 5.75 Å². The van der Waals surface area contributed by atoms with Crippen LogP contribution in [-0.2, 0) is 23.8 Å². The molecule has 1 atom stereocenters. The van der Waals surface area contributed by atoms with Gasteiger partial charge in [0, 0.05) is 45.4 Å². The van der Waals surface area contributed by atoms with Crippen molar-refractivity contribution in [3.05, 3.63) is 63.8 Å². The molecule has 0 fully saturated rings. The van der Waals surface area contributed by atoms with Crippen molar-refractivity contribution in [3.63, 3.8) is 0 Å². The first-order valence-corrected chi connectivity index (χ1v) is 9.92. The molecule has 7 heteroatoms. The third kappa shape index (κ3) is 2.82. The summed E-state index contributed by atoms with van der Waals surface area (Å²) in [6.45, 7) is 0.645. The van der Waals surface area contributed by atoms with Crippen LogP contribution in [0.25, 0.3) is 10.9 Å². The van der Waals surface area contributed by atoms with E-state index < -0.39 is 16.7 Å². The Bertz CT molecular complexity index is 1010. The molecule has 2 aromatic carbocycles. The molecular formula is C18H15BrN2O3S. The van der Waals surface area contributed by atoms with Gasteiger partial charge in [-0.05, 0) is 35.9 Å². The Morgan fingerprint density at radius 1 is 1.24 bits per heavy atom. The number of carbonyl (C=O) groups excluding carboxylic acids is 1. The third-order valence-electron chi connectivity index (χ3n) is 4.49. The molecule has 1 amide bonds. The number of fused-ring (bicyclic) bond motifs is 3. The highest BCUT2D eigenvalue weighted by atomic mass is 79.9. The molecule has 128 valence electrons. The fourth-order valence-electron chi connectivity index (χ4n) is 3.33. The number of benzene rings is 2. The Labute approximate surface area is 155 Å². The quantitative estimate of drug-likeness (QED) is 0.506. The zero-order valence-corrected chi connectivity index (χ0v) is 15.6. The number of aromatic nitrogens is 1. The maximum absolute atomic E-state index is 12.4. The standard InChI is InChI=1S/C18H15BrN2O3S/c19-13-5-6-15-14(9-13)17-16(7-8-25(17)24)21(15)10-11-1-3-12(4-2-11)18(22)20-23/h1-6,9,23H,7-8,10H2,(H,20,22). The summed E-state index contributed by atoms with van der Waals surface area (Å²) in [6, 6.07) is 13.2. The minimum atomic E-state index is -0.951. The van der Waals surface area contributed by atoms with Gasteiger partial charge in [0.25, 0.3) is 5.91 Å². The Morgan fingerprint density at radius 2 is 2.00 bits per heavy atom. The second kappa shape index (κ2) is 6.40. The van der Waals surface area contributed by atoms with Crippen LogP contribution in [0.4, 0.5) is 0 Å². The highest BCUT2D eigenvalue weighted by molar-refractivity contribution is 9.10. The first-order chi connectivity index (χ1) is 12.1. The van der Waals surface area contributed by atoms with Crippen LogP contribution in [0.2, 0.25) is 0 Å². The normalized spacial score (nSPS) is 16.2. The van der Waals surface area contributed by atoms with Gasteiger partial charge < -0.3 is 4.57 Å². The minimum absolute atomic E-state index is 0.402.